The summed E-state index contributed by atoms with van der Waals surface area (Å²) in [6, 6.07) is 19.6. The van der Waals surface area contributed by atoms with E-state index in [0.717, 1.165) is 33.5 Å². The third kappa shape index (κ3) is 4.19. The summed E-state index contributed by atoms with van der Waals surface area (Å²) < 4.78 is 13.2. The molecule has 0 fully saturated rings. The zero-order chi connectivity index (χ0) is 22.8. The van der Waals surface area contributed by atoms with Gasteiger partial charge in [0.2, 0.25) is 0 Å². The molecule has 32 heavy (non-hydrogen) atoms. The maximum Gasteiger partial charge on any atom is 0.278 e. The quantitative estimate of drug-likeness (QED) is 0.550. The van der Waals surface area contributed by atoms with Crippen LogP contribution in [-0.4, -0.2) is 23.3 Å². The summed E-state index contributed by atoms with van der Waals surface area (Å²) in [7, 11) is 0. The van der Waals surface area contributed by atoms with Crippen molar-refractivity contribution in [1.29, 1.82) is 0 Å². The van der Waals surface area contributed by atoms with E-state index in [4.69, 9.17) is 0 Å². The fraction of sp³-hybridized carbons (Fsp3) is 0.185. The van der Waals surface area contributed by atoms with E-state index in [1.165, 1.54) is 17.0 Å². The van der Waals surface area contributed by atoms with Gasteiger partial charge < -0.3 is 5.32 Å². The normalized spacial score (nSPS) is 13.8. The number of rotatable bonds is 6. The molecule has 1 N–H and O–H groups in total. The fourth-order valence-corrected chi connectivity index (χ4v) is 3.98. The average Bonchev–Trinajstić information content (AvgIpc) is 2.99. The number of hydrogen-bond acceptors (Lipinski definition) is 3. The Bertz CT molecular complexity index is 1230. The van der Waals surface area contributed by atoms with E-state index in [1.807, 2.05) is 63.2 Å². The second kappa shape index (κ2) is 8.79. The van der Waals surface area contributed by atoms with Gasteiger partial charge in [-0.1, -0.05) is 54.1 Å². The maximum atomic E-state index is 13.5. The second-order valence-corrected chi connectivity index (χ2v) is 8.15. The van der Waals surface area contributed by atoms with E-state index < -0.39 is 0 Å². The van der Waals surface area contributed by atoms with E-state index in [-0.39, 0.29) is 29.9 Å². The Balaban J connectivity index is 1.70. The number of nitrogens with one attached hydrogen (secondary N) is 1. The number of carbonyl (C=O) groups is 2. The molecule has 5 heteroatoms. The number of hydrogen-bond donors (Lipinski definition) is 1. The molecule has 1 aliphatic rings. The first-order valence-electron chi connectivity index (χ1n) is 10.6. The largest absolute Gasteiger partial charge is 0.350 e. The Morgan fingerprint density at radius 3 is 2.25 bits per heavy atom. The van der Waals surface area contributed by atoms with Crippen molar-refractivity contribution in [1.82, 2.24) is 4.90 Å². The van der Waals surface area contributed by atoms with E-state index in [2.05, 4.69) is 5.32 Å². The molecule has 2 amide bonds. The summed E-state index contributed by atoms with van der Waals surface area (Å²) in [6.07, 6.45) is 0.454. The molecule has 0 bridgehead atoms. The van der Waals surface area contributed by atoms with Crippen molar-refractivity contribution in [3.05, 3.63) is 106 Å². The zero-order valence-electron chi connectivity index (χ0n) is 18.4. The molecule has 3 aromatic rings. The highest BCUT2D eigenvalue weighted by Crippen LogP contribution is 2.33. The molecule has 1 aliphatic heterocycles. The van der Waals surface area contributed by atoms with E-state index in [1.54, 1.807) is 12.1 Å². The standard InChI is InChI=1S/C27H25FN2O2/c1-17-8-13-22(19(3)16-17)24-25(29-23-7-5-4-6-18(23)2)27(32)30(26(24)31)15-14-20-9-11-21(28)12-10-20/h4-13,16,29H,14-15H2,1-3H3. The molecule has 0 unspecified atom stereocenters. The van der Waals surface area contributed by atoms with Gasteiger partial charge in [0.05, 0.1) is 5.57 Å². The molecular weight excluding hydrogens is 403 g/mol. The molecule has 162 valence electrons. The monoisotopic (exact) mass is 428 g/mol. The fourth-order valence-electron chi connectivity index (χ4n) is 3.98. The van der Waals surface area contributed by atoms with Gasteiger partial charge in [-0.25, -0.2) is 4.39 Å². The number of carbonyl (C=O) groups excluding carboxylic acids is 2. The molecule has 4 rings (SSSR count). The van der Waals surface area contributed by atoms with Crippen molar-refractivity contribution in [2.45, 2.75) is 27.2 Å². The van der Waals surface area contributed by atoms with Gasteiger partial charge in [0, 0.05) is 12.2 Å². The zero-order valence-corrected chi connectivity index (χ0v) is 18.4. The molecule has 4 nitrogen and oxygen atoms in total. The molecule has 0 radical (unpaired) electrons. The highest BCUT2D eigenvalue weighted by atomic mass is 19.1. The number of aryl methyl sites for hydroxylation is 3. The van der Waals surface area contributed by atoms with Crippen LogP contribution in [0, 0.1) is 26.6 Å². The maximum absolute atomic E-state index is 13.5. The highest BCUT2D eigenvalue weighted by molar-refractivity contribution is 6.36. The molecule has 0 saturated heterocycles. The van der Waals surface area contributed by atoms with Crippen molar-refractivity contribution in [2.75, 3.05) is 11.9 Å². The summed E-state index contributed by atoms with van der Waals surface area (Å²) in [5.74, 6) is -0.985. The summed E-state index contributed by atoms with van der Waals surface area (Å²) in [5, 5.41) is 3.23. The van der Waals surface area contributed by atoms with Crippen LogP contribution in [0.25, 0.3) is 5.57 Å². The number of amides is 2. The van der Waals surface area contributed by atoms with Crippen LogP contribution < -0.4 is 5.32 Å². The number of benzene rings is 3. The Kier molecular flexibility index (Phi) is 5.91. The first-order valence-corrected chi connectivity index (χ1v) is 10.6. The molecule has 0 spiro atoms. The smallest absolute Gasteiger partial charge is 0.278 e. The Hall–Kier alpha value is -3.73. The van der Waals surface area contributed by atoms with Crippen LogP contribution in [0.1, 0.15) is 27.8 Å². The number of anilines is 1. The summed E-state index contributed by atoms with van der Waals surface area (Å²) in [4.78, 5) is 28.1. The van der Waals surface area contributed by atoms with Crippen molar-refractivity contribution < 1.29 is 14.0 Å². The Morgan fingerprint density at radius 2 is 1.56 bits per heavy atom. The van der Waals surface area contributed by atoms with Gasteiger partial charge in [0.25, 0.3) is 11.8 Å². The minimum atomic E-state index is -0.352. The predicted octanol–water partition coefficient (Wildman–Crippen LogP) is 5.19. The molecule has 0 aliphatic carbocycles. The van der Waals surface area contributed by atoms with Gasteiger partial charge >= 0.3 is 0 Å². The lowest BCUT2D eigenvalue weighted by atomic mass is 9.97. The van der Waals surface area contributed by atoms with Crippen molar-refractivity contribution in [2.24, 2.45) is 0 Å². The number of para-hydroxylation sites is 1. The number of nitrogens with zero attached hydrogens (tertiary/aromatic N) is 1. The van der Waals surface area contributed by atoms with Gasteiger partial charge in [-0.2, -0.15) is 0 Å². The Morgan fingerprint density at radius 1 is 0.844 bits per heavy atom. The minimum Gasteiger partial charge on any atom is -0.350 e. The SMILES string of the molecule is Cc1ccc(C2=C(Nc3ccccc3C)C(=O)N(CCc3ccc(F)cc3)C2=O)c(C)c1. The van der Waals surface area contributed by atoms with Gasteiger partial charge in [-0.05, 0) is 67.6 Å². The summed E-state index contributed by atoms with van der Waals surface area (Å²) in [6.45, 7) is 6.11. The topological polar surface area (TPSA) is 49.4 Å². The van der Waals surface area contributed by atoms with E-state index in [0.29, 0.717) is 12.0 Å². The van der Waals surface area contributed by atoms with Crippen molar-refractivity contribution in [3.63, 3.8) is 0 Å². The van der Waals surface area contributed by atoms with Crippen LogP contribution in [0.5, 0.6) is 0 Å². The lowest BCUT2D eigenvalue weighted by Crippen LogP contribution is -2.34. The number of imide groups is 1. The van der Waals surface area contributed by atoms with Gasteiger partial charge in [-0.3, -0.25) is 14.5 Å². The lowest BCUT2D eigenvalue weighted by Gasteiger charge is -2.16. The molecule has 3 aromatic carbocycles. The van der Waals surface area contributed by atoms with E-state index in [9.17, 15) is 14.0 Å². The van der Waals surface area contributed by atoms with Crippen molar-refractivity contribution in [3.8, 4) is 0 Å². The molecule has 0 aromatic heterocycles. The van der Waals surface area contributed by atoms with Crippen LogP contribution in [0.4, 0.5) is 10.1 Å². The minimum absolute atomic E-state index is 0.219. The molecule has 0 saturated carbocycles. The van der Waals surface area contributed by atoms with Crippen LogP contribution in [-0.2, 0) is 16.0 Å². The van der Waals surface area contributed by atoms with Crippen LogP contribution >= 0.6 is 0 Å². The van der Waals surface area contributed by atoms with Crippen molar-refractivity contribution >= 4 is 23.1 Å². The third-order valence-corrected chi connectivity index (χ3v) is 5.76. The first-order chi connectivity index (χ1) is 15.3. The van der Waals surface area contributed by atoms with Crippen LogP contribution in [0.2, 0.25) is 0 Å². The van der Waals surface area contributed by atoms with Gasteiger partial charge in [0.1, 0.15) is 11.5 Å². The molecule has 0 atom stereocenters. The second-order valence-electron chi connectivity index (χ2n) is 8.15. The first kappa shape index (κ1) is 21.5. The van der Waals surface area contributed by atoms with E-state index >= 15 is 0 Å². The van der Waals surface area contributed by atoms with Gasteiger partial charge in [-0.15, -0.1) is 0 Å². The van der Waals surface area contributed by atoms with Gasteiger partial charge in [0.15, 0.2) is 0 Å². The molecular formula is C27H25FN2O2. The van der Waals surface area contributed by atoms with Crippen LogP contribution in [0.3, 0.4) is 0 Å². The summed E-state index contributed by atoms with van der Waals surface area (Å²) in [5.41, 5.74) is 6.06. The predicted molar refractivity (Wildman–Crippen MR) is 124 cm³/mol. The number of halogens is 1. The highest BCUT2D eigenvalue weighted by Gasteiger charge is 2.39. The average molecular weight is 429 g/mol. The third-order valence-electron chi connectivity index (χ3n) is 5.76. The molecule has 1 heterocycles. The Labute approximate surface area is 187 Å². The summed E-state index contributed by atoms with van der Waals surface area (Å²) >= 11 is 0. The van der Waals surface area contributed by atoms with Crippen LogP contribution in [0.15, 0.2) is 72.4 Å². The lowest BCUT2D eigenvalue weighted by molar-refractivity contribution is -0.136.